The van der Waals surface area contributed by atoms with E-state index in [9.17, 15) is 4.79 Å². The fourth-order valence-electron chi connectivity index (χ4n) is 2.73. The topological polar surface area (TPSA) is 45.2 Å². The normalized spacial score (nSPS) is 12.1. The smallest absolute Gasteiger partial charge is 0.317 e. The summed E-state index contributed by atoms with van der Waals surface area (Å²) in [6.45, 7) is 2.64. The van der Waals surface area contributed by atoms with Crippen LogP contribution in [0.1, 0.15) is 30.0 Å². The first-order chi connectivity index (χ1) is 12.5. The first kappa shape index (κ1) is 18.7. The van der Waals surface area contributed by atoms with Gasteiger partial charge in [-0.2, -0.15) is 0 Å². The number of carbonyl (C=O) groups is 1. The molecule has 1 heterocycles. The van der Waals surface area contributed by atoms with E-state index in [1.165, 1.54) is 4.70 Å². The molecule has 136 valence electrons. The van der Waals surface area contributed by atoms with Gasteiger partial charge in [0, 0.05) is 25.0 Å². The summed E-state index contributed by atoms with van der Waals surface area (Å²) < 4.78 is 1.21. The van der Waals surface area contributed by atoms with Crippen LogP contribution >= 0.6 is 22.9 Å². The van der Waals surface area contributed by atoms with Crippen molar-refractivity contribution in [3.8, 4) is 0 Å². The van der Waals surface area contributed by atoms with Crippen LogP contribution in [0, 0.1) is 0 Å². The van der Waals surface area contributed by atoms with Crippen LogP contribution in [0.2, 0.25) is 5.02 Å². The third kappa shape index (κ3) is 4.54. The third-order valence-electron chi connectivity index (χ3n) is 4.44. The number of hydrogen-bond acceptors (Lipinski definition) is 3. The lowest BCUT2D eigenvalue weighted by molar-refractivity contribution is 0.194. The third-order valence-corrected chi connectivity index (χ3v) is 5.78. The van der Waals surface area contributed by atoms with Gasteiger partial charge in [0.2, 0.25) is 0 Å². The van der Waals surface area contributed by atoms with Crippen LogP contribution in [-0.2, 0) is 6.42 Å². The predicted octanol–water partition coefficient (Wildman–Crippen LogP) is 5.28. The number of benzene rings is 2. The molecular formula is C20H22ClN3OS. The predicted molar refractivity (Wildman–Crippen MR) is 109 cm³/mol. The summed E-state index contributed by atoms with van der Waals surface area (Å²) in [7, 11) is 1.81. The van der Waals surface area contributed by atoms with Crippen LogP contribution in [0.4, 0.5) is 4.79 Å². The van der Waals surface area contributed by atoms with Gasteiger partial charge >= 0.3 is 6.03 Å². The van der Waals surface area contributed by atoms with Crippen molar-refractivity contribution in [1.29, 1.82) is 0 Å². The number of halogens is 1. The second-order valence-corrected chi connectivity index (χ2v) is 7.80. The Morgan fingerprint density at radius 1 is 1.23 bits per heavy atom. The molecule has 0 saturated carbocycles. The average molecular weight is 388 g/mol. The molecule has 0 saturated heterocycles. The first-order valence-electron chi connectivity index (χ1n) is 8.65. The van der Waals surface area contributed by atoms with Crippen molar-refractivity contribution in [2.45, 2.75) is 25.8 Å². The number of para-hydroxylation sites is 1. The molecule has 1 aromatic heterocycles. The molecule has 4 nitrogen and oxygen atoms in total. The minimum atomic E-state index is -0.0725. The van der Waals surface area contributed by atoms with Crippen molar-refractivity contribution in [2.24, 2.45) is 0 Å². The Labute approximate surface area is 162 Å². The number of carbonyl (C=O) groups excluding carboxylic acids is 1. The van der Waals surface area contributed by atoms with Crippen molar-refractivity contribution in [2.75, 3.05) is 13.6 Å². The molecule has 0 spiro atoms. The molecule has 1 N–H and O–H groups in total. The van der Waals surface area contributed by atoms with Crippen molar-refractivity contribution < 1.29 is 4.79 Å². The van der Waals surface area contributed by atoms with E-state index in [2.05, 4.69) is 16.4 Å². The number of aryl methyl sites for hydroxylation is 1. The van der Waals surface area contributed by atoms with Gasteiger partial charge in [-0.25, -0.2) is 9.78 Å². The molecule has 0 fully saturated rings. The lowest BCUT2D eigenvalue weighted by Crippen LogP contribution is -2.39. The standard InChI is InChI=1S/C20H22ClN3OS/c1-14(15-9-11-16(21)12-10-15)24(2)20(25)22-13-5-8-19-23-17-6-3-4-7-18(17)26-19/h3-4,6-7,9-12,14H,5,8,13H2,1-2H3,(H,22,25). The number of rotatable bonds is 6. The van der Waals surface area contributed by atoms with Crippen molar-refractivity contribution in [1.82, 2.24) is 15.2 Å². The van der Waals surface area contributed by atoms with Gasteiger partial charge in [-0.1, -0.05) is 35.9 Å². The minimum absolute atomic E-state index is 0.0171. The van der Waals surface area contributed by atoms with E-state index in [0.717, 1.165) is 28.9 Å². The van der Waals surface area contributed by atoms with E-state index in [0.29, 0.717) is 11.6 Å². The van der Waals surface area contributed by atoms with E-state index >= 15 is 0 Å². The first-order valence-corrected chi connectivity index (χ1v) is 9.84. The quantitative estimate of drug-likeness (QED) is 0.584. The molecule has 26 heavy (non-hydrogen) atoms. The number of urea groups is 1. The van der Waals surface area contributed by atoms with Crippen LogP contribution in [0.3, 0.4) is 0 Å². The largest absolute Gasteiger partial charge is 0.338 e. The van der Waals surface area contributed by atoms with Crippen LogP contribution in [-0.4, -0.2) is 29.5 Å². The fraction of sp³-hybridized carbons (Fsp3) is 0.300. The Balaban J connectivity index is 1.46. The molecule has 2 aromatic carbocycles. The highest BCUT2D eigenvalue weighted by Gasteiger charge is 2.16. The molecule has 0 aliphatic heterocycles. The zero-order valence-electron chi connectivity index (χ0n) is 14.9. The van der Waals surface area contributed by atoms with Gasteiger partial charge in [0.15, 0.2) is 0 Å². The molecule has 1 unspecified atom stereocenters. The summed E-state index contributed by atoms with van der Waals surface area (Å²) in [5.74, 6) is 0. The van der Waals surface area contributed by atoms with E-state index in [-0.39, 0.29) is 12.1 Å². The van der Waals surface area contributed by atoms with E-state index < -0.39 is 0 Å². The summed E-state index contributed by atoms with van der Waals surface area (Å²) in [6, 6.07) is 15.7. The highest BCUT2D eigenvalue weighted by atomic mass is 35.5. The number of fused-ring (bicyclic) bond motifs is 1. The van der Waals surface area contributed by atoms with Crippen molar-refractivity contribution >= 4 is 39.2 Å². The number of aromatic nitrogens is 1. The molecule has 0 bridgehead atoms. The molecule has 2 amide bonds. The van der Waals surface area contributed by atoms with Gasteiger partial charge in [-0.05, 0) is 43.2 Å². The Bertz CT molecular complexity index is 845. The Morgan fingerprint density at radius 3 is 2.69 bits per heavy atom. The van der Waals surface area contributed by atoms with Gasteiger partial charge in [0.05, 0.1) is 21.3 Å². The van der Waals surface area contributed by atoms with E-state index in [4.69, 9.17) is 11.6 Å². The fourth-order valence-corrected chi connectivity index (χ4v) is 3.86. The summed E-state index contributed by atoms with van der Waals surface area (Å²) in [4.78, 5) is 18.7. The van der Waals surface area contributed by atoms with Crippen LogP contribution in [0.5, 0.6) is 0 Å². The van der Waals surface area contributed by atoms with Gasteiger partial charge in [0.25, 0.3) is 0 Å². The number of thiazole rings is 1. The molecule has 1 atom stereocenters. The SMILES string of the molecule is CC(c1ccc(Cl)cc1)N(C)C(=O)NCCCc1nc2ccccc2s1. The van der Waals surface area contributed by atoms with E-state index in [1.54, 1.807) is 16.2 Å². The van der Waals surface area contributed by atoms with Crippen LogP contribution < -0.4 is 5.32 Å². The number of amides is 2. The minimum Gasteiger partial charge on any atom is -0.338 e. The zero-order chi connectivity index (χ0) is 18.5. The number of nitrogens with one attached hydrogen (secondary N) is 1. The summed E-state index contributed by atoms with van der Waals surface area (Å²) >= 11 is 7.64. The maximum Gasteiger partial charge on any atom is 0.317 e. The molecular weight excluding hydrogens is 366 g/mol. The average Bonchev–Trinajstić information content (AvgIpc) is 3.07. The van der Waals surface area contributed by atoms with Gasteiger partial charge in [0.1, 0.15) is 0 Å². The van der Waals surface area contributed by atoms with Crippen molar-refractivity contribution in [3.05, 3.63) is 64.1 Å². The van der Waals surface area contributed by atoms with Crippen LogP contribution in [0.25, 0.3) is 10.2 Å². The zero-order valence-corrected chi connectivity index (χ0v) is 16.5. The monoisotopic (exact) mass is 387 g/mol. The highest BCUT2D eigenvalue weighted by Crippen LogP contribution is 2.23. The number of nitrogens with zero attached hydrogens (tertiary/aromatic N) is 2. The maximum atomic E-state index is 12.4. The summed E-state index contributed by atoms with van der Waals surface area (Å²) in [5, 5.41) is 4.80. The molecule has 3 aromatic rings. The van der Waals surface area contributed by atoms with Crippen LogP contribution in [0.15, 0.2) is 48.5 Å². The Morgan fingerprint density at radius 2 is 1.96 bits per heavy atom. The second-order valence-electron chi connectivity index (χ2n) is 6.25. The van der Waals surface area contributed by atoms with Gasteiger partial charge in [-0.15, -0.1) is 11.3 Å². The number of hydrogen-bond donors (Lipinski definition) is 1. The molecule has 6 heteroatoms. The second kappa shape index (κ2) is 8.52. The molecule has 0 radical (unpaired) electrons. The van der Waals surface area contributed by atoms with Crippen molar-refractivity contribution in [3.63, 3.8) is 0 Å². The summed E-state index contributed by atoms with van der Waals surface area (Å²) in [5.41, 5.74) is 2.11. The molecule has 3 rings (SSSR count). The van der Waals surface area contributed by atoms with E-state index in [1.807, 2.05) is 56.4 Å². The Kier molecular flexibility index (Phi) is 6.12. The highest BCUT2D eigenvalue weighted by molar-refractivity contribution is 7.18. The lowest BCUT2D eigenvalue weighted by Gasteiger charge is -2.25. The summed E-state index contributed by atoms with van der Waals surface area (Å²) in [6.07, 6.45) is 1.74. The molecule has 0 aliphatic carbocycles. The van der Waals surface area contributed by atoms with Gasteiger partial charge in [-0.3, -0.25) is 0 Å². The maximum absolute atomic E-state index is 12.4. The lowest BCUT2D eigenvalue weighted by atomic mass is 10.1. The Hall–Kier alpha value is -2.11. The van der Waals surface area contributed by atoms with Gasteiger partial charge < -0.3 is 10.2 Å². The molecule has 0 aliphatic rings.